The summed E-state index contributed by atoms with van der Waals surface area (Å²) >= 11 is 0. The van der Waals surface area contributed by atoms with Crippen LogP contribution in [0.25, 0.3) is 0 Å². The Bertz CT molecular complexity index is 166. The quantitative estimate of drug-likeness (QED) is 0.412. The van der Waals surface area contributed by atoms with E-state index in [1.165, 1.54) is 0 Å². The van der Waals surface area contributed by atoms with E-state index in [0.717, 1.165) is 0 Å². The van der Waals surface area contributed by atoms with Crippen molar-refractivity contribution >= 4 is 0 Å². The van der Waals surface area contributed by atoms with E-state index >= 15 is 0 Å². The number of hydrogen-bond acceptors (Lipinski definition) is 3. The summed E-state index contributed by atoms with van der Waals surface area (Å²) in [7, 11) is 0. The molecule has 0 aliphatic carbocycles. The molecule has 1 atom stereocenters. The Labute approximate surface area is 92.7 Å². The van der Waals surface area contributed by atoms with Crippen molar-refractivity contribution in [3.05, 3.63) is 24.8 Å². The van der Waals surface area contributed by atoms with Crippen molar-refractivity contribution in [2.45, 2.75) is 20.0 Å². The number of rotatable bonds is 10. The Morgan fingerprint density at radius 3 is 2.47 bits per heavy atom. The van der Waals surface area contributed by atoms with Crippen molar-refractivity contribution in [3.63, 3.8) is 0 Å². The fourth-order valence-electron chi connectivity index (χ4n) is 0.828. The molecule has 0 fully saturated rings. The van der Waals surface area contributed by atoms with Gasteiger partial charge >= 0.3 is 0 Å². The third-order valence-corrected chi connectivity index (χ3v) is 1.76. The zero-order chi connectivity index (χ0) is 11.4. The van der Waals surface area contributed by atoms with Gasteiger partial charge in [0.15, 0.2) is 0 Å². The van der Waals surface area contributed by atoms with Crippen LogP contribution in [0.3, 0.4) is 0 Å². The highest BCUT2D eigenvalue weighted by atomic mass is 16.5. The van der Waals surface area contributed by atoms with E-state index < -0.39 is 0 Å². The van der Waals surface area contributed by atoms with Gasteiger partial charge in [-0.25, -0.2) is 0 Å². The van der Waals surface area contributed by atoms with Crippen LogP contribution in [-0.4, -0.2) is 39.1 Å². The molecule has 0 saturated carbocycles. The summed E-state index contributed by atoms with van der Waals surface area (Å²) in [5, 5.41) is 0. The van der Waals surface area contributed by atoms with Gasteiger partial charge in [0.2, 0.25) is 0 Å². The first kappa shape index (κ1) is 14.4. The molecule has 0 N–H and O–H groups in total. The summed E-state index contributed by atoms with van der Waals surface area (Å²) < 4.78 is 15.9. The van der Waals surface area contributed by atoms with Crippen LogP contribution < -0.4 is 0 Å². The molecule has 0 spiro atoms. The minimum absolute atomic E-state index is 0.0968. The van der Waals surface area contributed by atoms with E-state index in [0.29, 0.717) is 33.0 Å². The molecular formula is C12H22O3. The van der Waals surface area contributed by atoms with Gasteiger partial charge in [-0.05, 0) is 13.8 Å². The predicted molar refractivity (Wildman–Crippen MR) is 62.1 cm³/mol. The second kappa shape index (κ2) is 11.4. The maximum atomic E-state index is 5.34. The zero-order valence-electron chi connectivity index (χ0n) is 9.78. The SMILES string of the molecule is C=CC(C)OCCOCCOC/C=C/C. The van der Waals surface area contributed by atoms with Crippen molar-refractivity contribution in [3.8, 4) is 0 Å². The van der Waals surface area contributed by atoms with Crippen LogP contribution in [0.4, 0.5) is 0 Å². The molecule has 0 radical (unpaired) electrons. The summed E-state index contributed by atoms with van der Waals surface area (Å²) in [6.45, 7) is 10.6. The van der Waals surface area contributed by atoms with Gasteiger partial charge in [0.25, 0.3) is 0 Å². The average Bonchev–Trinajstić information content (AvgIpc) is 2.26. The lowest BCUT2D eigenvalue weighted by Gasteiger charge is -2.08. The molecule has 15 heavy (non-hydrogen) atoms. The molecule has 0 rings (SSSR count). The Kier molecular flexibility index (Phi) is 10.9. The molecule has 0 aromatic carbocycles. The van der Waals surface area contributed by atoms with Crippen LogP contribution in [0, 0.1) is 0 Å². The van der Waals surface area contributed by atoms with E-state index in [1.54, 1.807) is 6.08 Å². The van der Waals surface area contributed by atoms with Gasteiger partial charge < -0.3 is 14.2 Å². The molecule has 0 aromatic heterocycles. The Hall–Kier alpha value is -0.640. The monoisotopic (exact) mass is 214 g/mol. The van der Waals surface area contributed by atoms with Crippen LogP contribution in [0.15, 0.2) is 24.8 Å². The highest BCUT2D eigenvalue weighted by molar-refractivity contribution is 4.75. The molecular weight excluding hydrogens is 192 g/mol. The lowest BCUT2D eigenvalue weighted by atomic mass is 10.4. The first-order valence-corrected chi connectivity index (χ1v) is 5.32. The van der Waals surface area contributed by atoms with Crippen molar-refractivity contribution in [2.75, 3.05) is 33.0 Å². The highest BCUT2D eigenvalue weighted by Gasteiger charge is 1.94. The largest absolute Gasteiger partial charge is 0.377 e. The molecule has 0 aliphatic heterocycles. The van der Waals surface area contributed by atoms with Gasteiger partial charge in [0.05, 0.1) is 39.1 Å². The smallest absolute Gasteiger partial charge is 0.0726 e. The standard InChI is InChI=1S/C12H22O3/c1-4-6-7-13-8-9-14-10-11-15-12(3)5-2/h4-6,12H,2,7-11H2,1,3H3/b6-4+. The minimum atomic E-state index is 0.0968. The molecule has 0 heterocycles. The van der Waals surface area contributed by atoms with Crippen molar-refractivity contribution < 1.29 is 14.2 Å². The van der Waals surface area contributed by atoms with Crippen molar-refractivity contribution in [1.82, 2.24) is 0 Å². The number of ether oxygens (including phenoxy) is 3. The van der Waals surface area contributed by atoms with E-state index in [1.807, 2.05) is 26.0 Å². The fourth-order valence-corrected chi connectivity index (χ4v) is 0.828. The summed E-state index contributed by atoms with van der Waals surface area (Å²) in [5.41, 5.74) is 0. The summed E-state index contributed by atoms with van der Waals surface area (Å²) in [5.74, 6) is 0. The van der Waals surface area contributed by atoms with Gasteiger partial charge in [0, 0.05) is 0 Å². The lowest BCUT2D eigenvalue weighted by molar-refractivity contribution is 0.00845. The summed E-state index contributed by atoms with van der Waals surface area (Å²) in [4.78, 5) is 0. The lowest BCUT2D eigenvalue weighted by Crippen LogP contribution is -2.12. The second-order valence-electron chi connectivity index (χ2n) is 3.07. The third kappa shape index (κ3) is 11.3. The fraction of sp³-hybridized carbons (Fsp3) is 0.667. The van der Waals surface area contributed by atoms with Crippen molar-refractivity contribution in [2.24, 2.45) is 0 Å². The third-order valence-electron chi connectivity index (χ3n) is 1.76. The maximum Gasteiger partial charge on any atom is 0.0726 e. The van der Waals surface area contributed by atoms with Crippen LogP contribution in [0.1, 0.15) is 13.8 Å². The molecule has 0 amide bonds. The van der Waals surface area contributed by atoms with E-state index in [4.69, 9.17) is 14.2 Å². The molecule has 0 saturated heterocycles. The molecule has 1 unspecified atom stereocenters. The maximum absolute atomic E-state index is 5.34. The molecule has 3 heteroatoms. The Balaban J connectivity index is 3.01. The Morgan fingerprint density at radius 1 is 1.13 bits per heavy atom. The minimum Gasteiger partial charge on any atom is -0.377 e. The number of allylic oxidation sites excluding steroid dienone is 1. The highest BCUT2D eigenvalue weighted by Crippen LogP contribution is 1.90. The number of hydrogen-bond donors (Lipinski definition) is 0. The molecule has 88 valence electrons. The normalized spacial score (nSPS) is 13.2. The summed E-state index contributed by atoms with van der Waals surface area (Å²) in [6, 6.07) is 0. The van der Waals surface area contributed by atoms with Gasteiger partial charge in [-0.3, -0.25) is 0 Å². The Morgan fingerprint density at radius 2 is 1.80 bits per heavy atom. The molecule has 0 aromatic rings. The predicted octanol–water partition coefficient (Wildman–Crippen LogP) is 2.19. The molecule has 3 nitrogen and oxygen atoms in total. The topological polar surface area (TPSA) is 27.7 Å². The van der Waals surface area contributed by atoms with Crippen LogP contribution in [0.5, 0.6) is 0 Å². The average molecular weight is 214 g/mol. The van der Waals surface area contributed by atoms with E-state index in [9.17, 15) is 0 Å². The van der Waals surface area contributed by atoms with Crippen LogP contribution >= 0.6 is 0 Å². The second-order valence-corrected chi connectivity index (χ2v) is 3.07. The first-order valence-electron chi connectivity index (χ1n) is 5.32. The van der Waals surface area contributed by atoms with Gasteiger partial charge in [0.1, 0.15) is 0 Å². The molecule has 0 bridgehead atoms. The van der Waals surface area contributed by atoms with Gasteiger partial charge in [-0.15, -0.1) is 6.58 Å². The van der Waals surface area contributed by atoms with Gasteiger partial charge in [-0.1, -0.05) is 18.2 Å². The van der Waals surface area contributed by atoms with Crippen LogP contribution in [-0.2, 0) is 14.2 Å². The van der Waals surface area contributed by atoms with Crippen molar-refractivity contribution in [1.29, 1.82) is 0 Å². The van der Waals surface area contributed by atoms with Gasteiger partial charge in [-0.2, -0.15) is 0 Å². The van der Waals surface area contributed by atoms with E-state index in [2.05, 4.69) is 6.58 Å². The van der Waals surface area contributed by atoms with Crippen LogP contribution in [0.2, 0.25) is 0 Å². The zero-order valence-corrected chi connectivity index (χ0v) is 9.78. The molecule has 0 aliphatic rings. The first-order chi connectivity index (χ1) is 7.31. The summed E-state index contributed by atoms with van der Waals surface area (Å²) in [6.07, 6.45) is 5.79. The van der Waals surface area contributed by atoms with E-state index in [-0.39, 0.29) is 6.10 Å².